The number of hydrogen-bond acceptors (Lipinski definition) is 3. The lowest BCUT2D eigenvalue weighted by Gasteiger charge is -2.36. The number of nitrogens with zero attached hydrogens (tertiary/aromatic N) is 1. The van der Waals surface area contributed by atoms with Crippen molar-refractivity contribution in [2.75, 3.05) is 13.2 Å². The van der Waals surface area contributed by atoms with Crippen LogP contribution in [0, 0.1) is 0 Å². The summed E-state index contributed by atoms with van der Waals surface area (Å²) in [5.74, 6) is 0.861. The molecule has 1 amide bonds. The normalized spacial score (nSPS) is 22.6. The molecule has 4 nitrogen and oxygen atoms in total. The number of carbonyl (C=O) groups is 1. The van der Waals surface area contributed by atoms with Gasteiger partial charge in [-0.15, -0.1) is 0 Å². The van der Waals surface area contributed by atoms with Crippen molar-refractivity contribution >= 4 is 5.91 Å². The summed E-state index contributed by atoms with van der Waals surface area (Å²) < 4.78 is 5.70. The van der Waals surface area contributed by atoms with Gasteiger partial charge in [0.15, 0.2) is 6.61 Å². The number of piperidine rings is 1. The number of hydrogen-bond donors (Lipinski definition) is 1. The highest BCUT2D eigenvalue weighted by molar-refractivity contribution is 5.78. The number of carbonyl (C=O) groups excluding carboxylic acids is 1. The first-order chi connectivity index (χ1) is 9.61. The van der Waals surface area contributed by atoms with Crippen molar-refractivity contribution in [1.82, 2.24) is 4.90 Å². The van der Waals surface area contributed by atoms with Crippen LogP contribution in [-0.2, 0) is 11.2 Å². The lowest BCUT2D eigenvalue weighted by Crippen LogP contribution is -2.49. The number of para-hydroxylation sites is 1. The van der Waals surface area contributed by atoms with Crippen molar-refractivity contribution in [3.8, 4) is 5.75 Å². The fourth-order valence-corrected chi connectivity index (χ4v) is 2.74. The zero-order valence-corrected chi connectivity index (χ0v) is 12.3. The topological polar surface area (TPSA) is 55.6 Å². The Morgan fingerprint density at radius 2 is 2.20 bits per heavy atom. The highest BCUT2D eigenvalue weighted by Gasteiger charge is 2.27. The summed E-state index contributed by atoms with van der Waals surface area (Å²) >= 11 is 0. The third-order valence-corrected chi connectivity index (χ3v) is 3.94. The van der Waals surface area contributed by atoms with Crippen LogP contribution in [-0.4, -0.2) is 36.0 Å². The van der Waals surface area contributed by atoms with Gasteiger partial charge >= 0.3 is 0 Å². The van der Waals surface area contributed by atoms with E-state index in [-0.39, 0.29) is 24.6 Å². The summed E-state index contributed by atoms with van der Waals surface area (Å²) in [6.07, 6.45) is 2.65. The molecular weight excluding hydrogens is 252 g/mol. The summed E-state index contributed by atoms with van der Waals surface area (Å²) in [5, 5.41) is 0. The number of rotatable bonds is 4. The molecule has 1 aliphatic rings. The average molecular weight is 276 g/mol. The van der Waals surface area contributed by atoms with Gasteiger partial charge in [-0.25, -0.2) is 0 Å². The quantitative estimate of drug-likeness (QED) is 0.914. The zero-order valence-electron chi connectivity index (χ0n) is 12.3. The first-order valence-corrected chi connectivity index (χ1v) is 7.37. The molecule has 2 unspecified atom stereocenters. The molecule has 1 aliphatic heterocycles. The summed E-state index contributed by atoms with van der Waals surface area (Å²) in [5.41, 5.74) is 7.05. The Morgan fingerprint density at radius 1 is 1.45 bits per heavy atom. The van der Waals surface area contributed by atoms with E-state index in [1.165, 1.54) is 0 Å². The molecule has 0 radical (unpaired) electrons. The Hall–Kier alpha value is -1.55. The van der Waals surface area contributed by atoms with Crippen LogP contribution in [0.25, 0.3) is 0 Å². The Labute approximate surface area is 120 Å². The van der Waals surface area contributed by atoms with Gasteiger partial charge in [-0.05, 0) is 37.8 Å². The molecule has 20 heavy (non-hydrogen) atoms. The fraction of sp³-hybridized carbons (Fsp3) is 0.562. The highest BCUT2D eigenvalue weighted by atomic mass is 16.5. The van der Waals surface area contributed by atoms with Gasteiger partial charge in [0, 0.05) is 18.6 Å². The van der Waals surface area contributed by atoms with Gasteiger partial charge in [0.25, 0.3) is 5.91 Å². The van der Waals surface area contributed by atoms with Crippen molar-refractivity contribution in [2.45, 2.75) is 45.2 Å². The Balaban J connectivity index is 1.92. The van der Waals surface area contributed by atoms with Crippen molar-refractivity contribution < 1.29 is 9.53 Å². The van der Waals surface area contributed by atoms with Crippen molar-refractivity contribution in [3.05, 3.63) is 29.8 Å². The first kappa shape index (κ1) is 14.9. The summed E-state index contributed by atoms with van der Waals surface area (Å²) in [6, 6.07) is 8.29. The minimum Gasteiger partial charge on any atom is -0.483 e. The molecule has 1 aromatic rings. The van der Waals surface area contributed by atoms with Crippen LogP contribution in [0.2, 0.25) is 0 Å². The van der Waals surface area contributed by atoms with E-state index >= 15 is 0 Å². The molecule has 2 N–H and O–H groups in total. The van der Waals surface area contributed by atoms with Gasteiger partial charge < -0.3 is 15.4 Å². The van der Waals surface area contributed by atoms with Gasteiger partial charge in [0.1, 0.15) is 5.75 Å². The molecule has 110 valence electrons. The van der Waals surface area contributed by atoms with Crippen LogP contribution in [0.3, 0.4) is 0 Å². The van der Waals surface area contributed by atoms with E-state index in [0.29, 0.717) is 0 Å². The largest absolute Gasteiger partial charge is 0.483 e. The summed E-state index contributed by atoms with van der Waals surface area (Å²) in [7, 11) is 0. The minimum atomic E-state index is 0.0512. The van der Waals surface area contributed by atoms with E-state index in [1.807, 2.05) is 29.2 Å². The Morgan fingerprint density at radius 3 is 2.90 bits per heavy atom. The van der Waals surface area contributed by atoms with Crippen LogP contribution in [0.15, 0.2) is 24.3 Å². The SMILES string of the molecule is CCc1ccccc1OCC(=O)N1CCC(N)CC1C. The monoisotopic (exact) mass is 276 g/mol. The predicted octanol–water partition coefficient (Wildman–Crippen LogP) is 1.97. The predicted molar refractivity (Wildman–Crippen MR) is 79.7 cm³/mol. The summed E-state index contributed by atoms with van der Waals surface area (Å²) in [6.45, 7) is 4.98. The second kappa shape index (κ2) is 6.75. The number of amides is 1. The first-order valence-electron chi connectivity index (χ1n) is 7.37. The smallest absolute Gasteiger partial charge is 0.260 e. The number of aryl methyl sites for hydroxylation is 1. The van der Waals surface area contributed by atoms with Crippen molar-refractivity contribution in [2.24, 2.45) is 5.73 Å². The van der Waals surface area contributed by atoms with Gasteiger partial charge in [-0.2, -0.15) is 0 Å². The average Bonchev–Trinajstić information content (AvgIpc) is 2.45. The number of benzene rings is 1. The Bertz CT molecular complexity index is 462. The third kappa shape index (κ3) is 3.51. The molecule has 1 heterocycles. The highest BCUT2D eigenvalue weighted by Crippen LogP contribution is 2.20. The van der Waals surface area contributed by atoms with Gasteiger partial charge in [-0.1, -0.05) is 25.1 Å². The van der Waals surface area contributed by atoms with Gasteiger partial charge in [0.2, 0.25) is 0 Å². The number of likely N-dealkylation sites (tertiary alicyclic amines) is 1. The molecule has 4 heteroatoms. The molecule has 1 fully saturated rings. The Kier molecular flexibility index (Phi) is 5.01. The third-order valence-electron chi connectivity index (χ3n) is 3.94. The van der Waals surface area contributed by atoms with Crippen molar-refractivity contribution in [3.63, 3.8) is 0 Å². The van der Waals surface area contributed by atoms with E-state index in [0.717, 1.165) is 37.1 Å². The van der Waals surface area contributed by atoms with Crippen LogP contribution < -0.4 is 10.5 Å². The van der Waals surface area contributed by atoms with Crippen LogP contribution >= 0.6 is 0 Å². The second-order valence-electron chi connectivity index (χ2n) is 5.47. The van der Waals surface area contributed by atoms with Gasteiger partial charge in [-0.3, -0.25) is 4.79 Å². The van der Waals surface area contributed by atoms with Crippen LogP contribution in [0.5, 0.6) is 5.75 Å². The maximum atomic E-state index is 12.2. The van der Waals surface area contributed by atoms with E-state index in [4.69, 9.17) is 10.5 Å². The van der Waals surface area contributed by atoms with E-state index in [2.05, 4.69) is 13.8 Å². The lowest BCUT2D eigenvalue weighted by atomic mass is 9.99. The lowest BCUT2D eigenvalue weighted by molar-refractivity contribution is -0.136. The van der Waals surface area contributed by atoms with Crippen LogP contribution in [0.1, 0.15) is 32.3 Å². The zero-order chi connectivity index (χ0) is 14.5. The molecule has 0 bridgehead atoms. The van der Waals surface area contributed by atoms with E-state index in [1.54, 1.807) is 0 Å². The van der Waals surface area contributed by atoms with Crippen LogP contribution in [0.4, 0.5) is 0 Å². The molecule has 2 atom stereocenters. The maximum Gasteiger partial charge on any atom is 0.260 e. The maximum absolute atomic E-state index is 12.2. The van der Waals surface area contributed by atoms with E-state index < -0.39 is 0 Å². The fourth-order valence-electron chi connectivity index (χ4n) is 2.74. The summed E-state index contributed by atoms with van der Waals surface area (Å²) in [4.78, 5) is 14.1. The molecule has 0 saturated carbocycles. The minimum absolute atomic E-state index is 0.0512. The number of ether oxygens (including phenoxy) is 1. The second-order valence-corrected chi connectivity index (χ2v) is 5.47. The molecule has 2 rings (SSSR count). The molecule has 0 spiro atoms. The molecule has 0 aromatic heterocycles. The molecule has 1 aromatic carbocycles. The molecule has 1 saturated heterocycles. The standard InChI is InChI=1S/C16H24N2O2/c1-3-13-6-4-5-7-15(13)20-11-16(19)18-9-8-14(17)10-12(18)2/h4-7,12,14H,3,8-11,17H2,1-2H3. The molecule has 0 aliphatic carbocycles. The van der Waals surface area contributed by atoms with Crippen molar-refractivity contribution in [1.29, 1.82) is 0 Å². The number of nitrogens with two attached hydrogens (primary N) is 1. The molecular formula is C16H24N2O2. The van der Waals surface area contributed by atoms with E-state index in [9.17, 15) is 4.79 Å². The van der Waals surface area contributed by atoms with Gasteiger partial charge in [0.05, 0.1) is 0 Å².